The summed E-state index contributed by atoms with van der Waals surface area (Å²) in [6.07, 6.45) is 1.84. The maximum absolute atomic E-state index is 13.3. The van der Waals surface area contributed by atoms with Crippen LogP contribution in [0.3, 0.4) is 0 Å². The van der Waals surface area contributed by atoms with E-state index in [0.29, 0.717) is 18.5 Å². The van der Waals surface area contributed by atoms with E-state index in [1.165, 1.54) is 13.1 Å². The Kier molecular flexibility index (Phi) is 8.08. The van der Waals surface area contributed by atoms with Crippen molar-refractivity contribution in [3.05, 3.63) is 0 Å². The fourth-order valence-corrected chi connectivity index (χ4v) is 7.18. The zero-order valence-corrected chi connectivity index (χ0v) is 20.4. The molecular weight excluding hydrogens is 432 g/mol. The van der Waals surface area contributed by atoms with Crippen LogP contribution in [-0.4, -0.2) is 114 Å². The molecule has 7 unspecified atom stereocenters. The first-order valence-corrected chi connectivity index (χ1v) is 13.5. The van der Waals surface area contributed by atoms with Crippen molar-refractivity contribution in [2.24, 2.45) is 17.6 Å². The predicted molar refractivity (Wildman–Crippen MR) is 124 cm³/mol. The van der Waals surface area contributed by atoms with Crippen LogP contribution in [0, 0.1) is 11.8 Å². The molecule has 4 saturated heterocycles. The Bertz CT molecular complexity index is 722. The van der Waals surface area contributed by atoms with Crippen molar-refractivity contribution in [1.29, 1.82) is 0 Å². The summed E-state index contributed by atoms with van der Waals surface area (Å²) >= 11 is 0. The van der Waals surface area contributed by atoms with E-state index in [4.69, 9.17) is 10.5 Å². The summed E-state index contributed by atoms with van der Waals surface area (Å²) in [5.74, 6) is 1.09. The second kappa shape index (κ2) is 10.5. The average molecular weight is 475 g/mol. The van der Waals surface area contributed by atoms with Gasteiger partial charge in [-0.05, 0) is 25.3 Å². The van der Waals surface area contributed by atoms with E-state index in [-0.39, 0.29) is 25.0 Å². The van der Waals surface area contributed by atoms with Crippen molar-refractivity contribution >= 4 is 10.0 Å². The molecule has 0 saturated carbocycles. The summed E-state index contributed by atoms with van der Waals surface area (Å²) < 4.78 is 35.2. The van der Waals surface area contributed by atoms with Crippen molar-refractivity contribution in [3.8, 4) is 0 Å². The topological polar surface area (TPSA) is 136 Å². The Balaban J connectivity index is 1.35. The number of hydrogen-bond acceptors (Lipinski definition) is 10. The van der Waals surface area contributed by atoms with Gasteiger partial charge in [-0.2, -0.15) is 0 Å². The Morgan fingerprint density at radius 3 is 2.72 bits per heavy atom. The highest BCUT2D eigenvalue weighted by Crippen LogP contribution is 2.26. The van der Waals surface area contributed by atoms with Gasteiger partial charge < -0.3 is 21.1 Å². The number of methoxy groups -OCH3 is 1. The summed E-state index contributed by atoms with van der Waals surface area (Å²) in [7, 11) is -0.0995. The van der Waals surface area contributed by atoms with Gasteiger partial charge in [0.25, 0.3) is 0 Å². The lowest BCUT2D eigenvalue weighted by Gasteiger charge is -2.46. The van der Waals surface area contributed by atoms with Gasteiger partial charge in [0, 0.05) is 71.4 Å². The van der Waals surface area contributed by atoms with E-state index >= 15 is 0 Å². The second-order valence-electron chi connectivity index (χ2n) is 9.99. The number of likely N-dealkylation sites (N-methyl/N-ethyl adjacent to an activating group) is 1. The maximum atomic E-state index is 13.3. The number of ether oxygens (including phenoxy) is 1. The van der Waals surface area contributed by atoms with Gasteiger partial charge in [-0.15, -0.1) is 0 Å². The Morgan fingerprint density at radius 1 is 1.25 bits per heavy atom. The van der Waals surface area contributed by atoms with Gasteiger partial charge in [-0.3, -0.25) is 15.6 Å². The van der Waals surface area contributed by atoms with Crippen LogP contribution in [0.2, 0.25) is 0 Å². The summed E-state index contributed by atoms with van der Waals surface area (Å²) in [4.78, 5) is 2.54. The van der Waals surface area contributed by atoms with Crippen LogP contribution in [0.15, 0.2) is 0 Å². The third kappa shape index (κ3) is 5.29. The predicted octanol–water partition coefficient (Wildman–Crippen LogP) is -2.77. The molecular formula is C20H42N8O3S. The number of fused-ring (bicyclic) bond motifs is 1. The molecule has 4 aliphatic rings. The van der Waals surface area contributed by atoms with Crippen LogP contribution >= 0.6 is 0 Å². The van der Waals surface area contributed by atoms with Crippen LogP contribution in [0.4, 0.5) is 0 Å². The molecule has 0 aromatic rings. The highest BCUT2D eigenvalue weighted by molar-refractivity contribution is 7.90. The Morgan fingerprint density at radius 2 is 2.03 bits per heavy atom. The lowest BCUT2D eigenvalue weighted by molar-refractivity contribution is -0.0106. The first-order chi connectivity index (χ1) is 15.3. The molecule has 4 fully saturated rings. The minimum atomic E-state index is -3.66. The zero-order chi connectivity index (χ0) is 22.9. The van der Waals surface area contributed by atoms with E-state index in [0.717, 1.165) is 38.4 Å². The van der Waals surface area contributed by atoms with Crippen LogP contribution < -0.4 is 31.8 Å². The SMILES string of the molecule is COC1NCC2CNN(C)C2C1NS(=O)(=O)C(CN)CNC1CC(N2CC(C)C2)CCN1. The monoisotopic (exact) mass is 474 g/mol. The van der Waals surface area contributed by atoms with Crippen LogP contribution in [0.5, 0.6) is 0 Å². The van der Waals surface area contributed by atoms with Gasteiger partial charge in [-0.1, -0.05) is 6.92 Å². The van der Waals surface area contributed by atoms with E-state index < -0.39 is 21.3 Å². The molecule has 0 spiro atoms. The quantitative estimate of drug-likeness (QED) is 0.208. The van der Waals surface area contributed by atoms with Crippen molar-refractivity contribution < 1.29 is 13.2 Å². The molecule has 11 nitrogen and oxygen atoms in total. The van der Waals surface area contributed by atoms with Crippen molar-refractivity contribution in [3.63, 3.8) is 0 Å². The van der Waals surface area contributed by atoms with E-state index in [1.54, 1.807) is 7.11 Å². The van der Waals surface area contributed by atoms with E-state index in [9.17, 15) is 8.42 Å². The number of nitrogens with two attached hydrogens (primary N) is 1. The molecule has 0 amide bonds. The highest BCUT2D eigenvalue weighted by Gasteiger charge is 2.47. The molecule has 0 aromatic heterocycles. The molecule has 4 heterocycles. The highest BCUT2D eigenvalue weighted by atomic mass is 32.2. The second-order valence-corrected chi connectivity index (χ2v) is 12.0. The number of hydrazine groups is 1. The molecule has 12 heteroatoms. The van der Waals surface area contributed by atoms with Gasteiger partial charge in [0.05, 0.1) is 12.2 Å². The largest absolute Gasteiger partial charge is 0.365 e. The standard InChI is InChI=1S/C20H42N8O3S/c1-13-11-28(12-13)15-4-5-22-17(6-15)23-10-16(7-21)32(29,30)26-18-19-14(9-25-27(19)2)8-24-20(18)31-3/h13-20,22-26H,4-12,21H2,1-3H3. The number of likely N-dealkylation sites (tertiary alicyclic amines) is 1. The van der Waals surface area contributed by atoms with Gasteiger partial charge in [0.15, 0.2) is 0 Å². The van der Waals surface area contributed by atoms with Crippen LogP contribution in [0.1, 0.15) is 19.8 Å². The number of sulfonamides is 1. The smallest absolute Gasteiger partial charge is 0.217 e. The molecule has 0 radical (unpaired) electrons. The normalized spacial score (nSPS) is 38.4. The fourth-order valence-electron chi connectivity index (χ4n) is 5.77. The fraction of sp³-hybridized carbons (Fsp3) is 1.00. The minimum absolute atomic E-state index is 0.0158. The summed E-state index contributed by atoms with van der Waals surface area (Å²) in [6.45, 7) is 7.53. The number of nitrogens with zero attached hydrogens (tertiary/aromatic N) is 2. The molecule has 4 aliphatic heterocycles. The molecule has 0 aromatic carbocycles. The summed E-state index contributed by atoms with van der Waals surface area (Å²) in [5.41, 5.74) is 9.26. The molecule has 7 atom stereocenters. The minimum Gasteiger partial charge on any atom is -0.365 e. The lowest BCUT2D eigenvalue weighted by atomic mass is 9.90. The molecule has 0 aliphatic carbocycles. The van der Waals surface area contributed by atoms with Crippen LogP contribution in [0.25, 0.3) is 0 Å². The van der Waals surface area contributed by atoms with Crippen LogP contribution in [-0.2, 0) is 14.8 Å². The number of nitrogens with one attached hydrogen (secondary N) is 5. The molecule has 0 bridgehead atoms. The first-order valence-electron chi connectivity index (χ1n) is 12.0. The molecule has 186 valence electrons. The zero-order valence-electron chi connectivity index (χ0n) is 19.6. The lowest BCUT2D eigenvalue weighted by Crippen LogP contribution is -2.67. The van der Waals surface area contributed by atoms with E-state index in [1.807, 2.05) is 12.1 Å². The molecule has 4 rings (SSSR count). The van der Waals surface area contributed by atoms with Crippen molar-refractivity contribution in [2.75, 3.05) is 60.0 Å². The Labute approximate surface area is 192 Å². The number of hydrogen-bond donors (Lipinski definition) is 6. The number of rotatable bonds is 9. The Hall–Kier alpha value is -0.410. The van der Waals surface area contributed by atoms with Gasteiger partial charge in [-0.25, -0.2) is 18.1 Å². The van der Waals surface area contributed by atoms with Gasteiger partial charge in [0.2, 0.25) is 10.0 Å². The summed E-state index contributed by atoms with van der Waals surface area (Å²) in [6, 6.07) is 0.180. The third-order valence-corrected chi connectivity index (χ3v) is 9.48. The van der Waals surface area contributed by atoms with Crippen molar-refractivity contribution in [2.45, 2.75) is 55.5 Å². The molecule has 32 heavy (non-hydrogen) atoms. The van der Waals surface area contributed by atoms with E-state index in [2.05, 4.69) is 37.9 Å². The van der Waals surface area contributed by atoms with Gasteiger partial charge >= 0.3 is 0 Å². The van der Waals surface area contributed by atoms with Crippen molar-refractivity contribution in [1.82, 2.24) is 36.0 Å². The molecule has 7 N–H and O–H groups in total. The third-order valence-electron chi connectivity index (χ3n) is 7.64. The summed E-state index contributed by atoms with van der Waals surface area (Å²) in [5, 5.41) is 11.5. The first kappa shape index (κ1) is 24.7. The number of piperidine rings is 2. The maximum Gasteiger partial charge on any atom is 0.217 e. The van der Waals surface area contributed by atoms with Gasteiger partial charge in [0.1, 0.15) is 11.5 Å². The average Bonchev–Trinajstić information content (AvgIpc) is 3.13.